The van der Waals surface area contributed by atoms with E-state index < -0.39 is 6.04 Å². The van der Waals surface area contributed by atoms with Gasteiger partial charge in [0.15, 0.2) is 0 Å². The predicted octanol–water partition coefficient (Wildman–Crippen LogP) is 2.26. The van der Waals surface area contributed by atoms with Gasteiger partial charge in [-0.15, -0.1) is 0 Å². The van der Waals surface area contributed by atoms with Crippen molar-refractivity contribution >= 4 is 0 Å². The summed E-state index contributed by atoms with van der Waals surface area (Å²) in [6.07, 6.45) is 0. The van der Waals surface area contributed by atoms with E-state index in [1.807, 2.05) is 19.1 Å². The van der Waals surface area contributed by atoms with Gasteiger partial charge >= 0.3 is 0 Å². The quantitative estimate of drug-likeness (QED) is 0.931. The lowest BCUT2D eigenvalue weighted by Gasteiger charge is -2.14. The lowest BCUT2D eigenvalue weighted by atomic mass is 9.96. The number of benzene rings is 1. The summed E-state index contributed by atoms with van der Waals surface area (Å²) in [5.74, 6) is 0.483. The van der Waals surface area contributed by atoms with Crippen molar-refractivity contribution in [2.75, 3.05) is 0 Å². The SMILES string of the molecule is Cc1cc(C(N)c2ccc(C(C)C)cc2)c(=O)n(C)n1. The summed E-state index contributed by atoms with van der Waals surface area (Å²) in [5, 5.41) is 4.10. The van der Waals surface area contributed by atoms with Crippen LogP contribution in [0.4, 0.5) is 0 Å². The highest BCUT2D eigenvalue weighted by molar-refractivity contribution is 5.33. The molecule has 0 radical (unpaired) electrons. The summed E-state index contributed by atoms with van der Waals surface area (Å²) in [6, 6.07) is 9.47. The van der Waals surface area contributed by atoms with E-state index in [0.717, 1.165) is 11.3 Å². The summed E-state index contributed by atoms with van der Waals surface area (Å²) in [4.78, 5) is 12.1. The number of hydrogen-bond donors (Lipinski definition) is 1. The van der Waals surface area contributed by atoms with Gasteiger partial charge in [0.05, 0.1) is 11.7 Å². The Morgan fingerprint density at radius 1 is 1.15 bits per heavy atom. The van der Waals surface area contributed by atoms with E-state index in [9.17, 15) is 4.79 Å². The minimum Gasteiger partial charge on any atom is -0.320 e. The topological polar surface area (TPSA) is 60.9 Å². The average Bonchev–Trinajstić information content (AvgIpc) is 2.42. The second kappa shape index (κ2) is 5.59. The fourth-order valence-electron chi connectivity index (χ4n) is 2.28. The van der Waals surface area contributed by atoms with Gasteiger partial charge in [0.1, 0.15) is 0 Å². The van der Waals surface area contributed by atoms with Gasteiger partial charge in [-0.2, -0.15) is 5.10 Å². The fraction of sp³-hybridized carbons (Fsp3) is 0.375. The van der Waals surface area contributed by atoms with Crippen molar-refractivity contribution in [3.05, 3.63) is 63.1 Å². The van der Waals surface area contributed by atoms with Gasteiger partial charge in [-0.05, 0) is 30.0 Å². The number of hydrogen-bond acceptors (Lipinski definition) is 3. The molecule has 20 heavy (non-hydrogen) atoms. The zero-order chi connectivity index (χ0) is 14.9. The Morgan fingerprint density at radius 2 is 1.70 bits per heavy atom. The molecule has 0 fully saturated rings. The zero-order valence-electron chi connectivity index (χ0n) is 12.4. The highest BCUT2D eigenvalue weighted by atomic mass is 16.1. The maximum absolute atomic E-state index is 12.1. The minimum absolute atomic E-state index is 0.143. The molecule has 1 unspecified atom stereocenters. The third kappa shape index (κ3) is 2.80. The van der Waals surface area contributed by atoms with Crippen LogP contribution in [0.3, 0.4) is 0 Å². The molecule has 2 rings (SSSR count). The molecule has 1 heterocycles. The molecule has 0 aliphatic heterocycles. The highest BCUT2D eigenvalue weighted by Gasteiger charge is 2.15. The van der Waals surface area contributed by atoms with Gasteiger partial charge < -0.3 is 5.73 Å². The van der Waals surface area contributed by atoms with Crippen molar-refractivity contribution in [3.8, 4) is 0 Å². The summed E-state index contributed by atoms with van der Waals surface area (Å²) in [6.45, 7) is 6.16. The molecule has 2 N–H and O–H groups in total. The summed E-state index contributed by atoms with van der Waals surface area (Å²) >= 11 is 0. The van der Waals surface area contributed by atoms with Crippen LogP contribution in [-0.2, 0) is 7.05 Å². The standard InChI is InChI=1S/C16H21N3O/c1-10(2)12-5-7-13(8-6-12)15(17)14-9-11(3)18-19(4)16(14)20/h5-10,15H,17H2,1-4H3. The van der Waals surface area contributed by atoms with Gasteiger partial charge in [-0.25, -0.2) is 4.68 Å². The van der Waals surface area contributed by atoms with Gasteiger partial charge in [-0.3, -0.25) is 4.79 Å². The number of rotatable bonds is 3. The first-order valence-electron chi connectivity index (χ1n) is 6.80. The van der Waals surface area contributed by atoms with Gasteiger partial charge in [0.25, 0.3) is 5.56 Å². The molecule has 0 saturated carbocycles. The molecular weight excluding hydrogens is 250 g/mol. The Hall–Kier alpha value is -1.94. The molecule has 1 atom stereocenters. The number of aromatic nitrogens is 2. The molecule has 1 aromatic carbocycles. The van der Waals surface area contributed by atoms with Crippen LogP contribution in [0.1, 0.15) is 48.2 Å². The van der Waals surface area contributed by atoms with Gasteiger partial charge in [0, 0.05) is 12.6 Å². The van der Waals surface area contributed by atoms with E-state index in [4.69, 9.17) is 5.73 Å². The second-order valence-corrected chi connectivity index (χ2v) is 5.47. The van der Waals surface area contributed by atoms with E-state index in [0.29, 0.717) is 11.5 Å². The van der Waals surface area contributed by atoms with Crippen molar-refractivity contribution in [1.29, 1.82) is 0 Å². The van der Waals surface area contributed by atoms with Crippen molar-refractivity contribution in [2.24, 2.45) is 12.8 Å². The smallest absolute Gasteiger partial charge is 0.271 e. The van der Waals surface area contributed by atoms with E-state index in [-0.39, 0.29) is 5.56 Å². The lowest BCUT2D eigenvalue weighted by molar-refractivity contribution is 0.666. The predicted molar refractivity (Wildman–Crippen MR) is 80.8 cm³/mol. The molecule has 106 valence electrons. The van der Waals surface area contributed by atoms with Crippen molar-refractivity contribution < 1.29 is 0 Å². The lowest BCUT2D eigenvalue weighted by Crippen LogP contribution is -2.29. The Kier molecular flexibility index (Phi) is 4.04. The Bertz CT molecular complexity index is 656. The molecule has 0 aliphatic rings. The third-order valence-corrected chi connectivity index (χ3v) is 3.51. The monoisotopic (exact) mass is 271 g/mol. The van der Waals surface area contributed by atoms with E-state index >= 15 is 0 Å². The third-order valence-electron chi connectivity index (χ3n) is 3.51. The van der Waals surface area contributed by atoms with Crippen molar-refractivity contribution in [2.45, 2.75) is 32.7 Å². The Labute approximate surface area is 119 Å². The van der Waals surface area contributed by atoms with Crippen LogP contribution < -0.4 is 11.3 Å². The molecule has 0 spiro atoms. The number of aryl methyl sites for hydroxylation is 2. The molecule has 0 amide bonds. The largest absolute Gasteiger partial charge is 0.320 e. The summed E-state index contributed by atoms with van der Waals surface area (Å²) in [7, 11) is 1.65. The molecule has 0 saturated heterocycles. The molecular formula is C16H21N3O. The van der Waals surface area contributed by atoms with Crippen molar-refractivity contribution in [1.82, 2.24) is 9.78 Å². The Morgan fingerprint density at radius 3 is 2.25 bits per heavy atom. The maximum Gasteiger partial charge on any atom is 0.271 e. The first-order chi connectivity index (χ1) is 9.40. The molecule has 4 nitrogen and oxygen atoms in total. The zero-order valence-corrected chi connectivity index (χ0v) is 12.4. The average molecular weight is 271 g/mol. The second-order valence-electron chi connectivity index (χ2n) is 5.47. The van der Waals surface area contributed by atoms with E-state index in [1.165, 1.54) is 10.2 Å². The summed E-state index contributed by atoms with van der Waals surface area (Å²) < 4.78 is 1.34. The van der Waals surface area contributed by atoms with Crippen LogP contribution in [0.25, 0.3) is 0 Å². The number of nitrogens with zero attached hydrogens (tertiary/aromatic N) is 2. The molecule has 0 aliphatic carbocycles. The fourth-order valence-corrected chi connectivity index (χ4v) is 2.28. The maximum atomic E-state index is 12.1. The van der Waals surface area contributed by atoms with E-state index in [1.54, 1.807) is 13.1 Å². The Balaban J connectivity index is 2.41. The molecule has 2 aromatic rings. The van der Waals surface area contributed by atoms with Crippen molar-refractivity contribution in [3.63, 3.8) is 0 Å². The van der Waals surface area contributed by atoms with Crippen LogP contribution in [0.2, 0.25) is 0 Å². The van der Waals surface area contributed by atoms with Crippen LogP contribution in [0.5, 0.6) is 0 Å². The van der Waals surface area contributed by atoms with Crippen LogP contribution in [-0.4, -0.2) is 9.78 Å². The van der Waals surface area contributed by atoms with Crippen LogP contribution in [0.15, 0.2) is 35.1 Å². The summed E-state index contributed by atoms with van der Waals surface area (Å²) in [5.41, 5.74) is 9.67. The normalized spacial score (nSPS) is 12.7. The molecule has 0 bridgehead atoms. The first-order valence-corrected chi connectivity index (χ1v) is 6.80. The number of nitrogens with two attached hydrogens (primary N) is 1. The highest BCUT2D eigenvalue weighted by Crippen LogP contribution is 2.20. The van der Waals surface area contributed by atoms with Gasteiger partial charge in [-0.1, -0.05) is 38.1 Å². The minimum atomic E-state index is -0.420. The van der Waals surface area contributed by atoms with E-state index in [2.05, 4.69) is 31.1 Å². The first kappa shape index (κ1) is 14.5. The van der Waals surface area contributed by atoms with Crippen LogP contribution in [0, 0.1) is 6.92 Å². The van der Waals surface area contributed by atoms with Crippen LogP contribution >= 0.6 is 0 Å². The molecule has 4 heteroatoms. The van der Waals surface area contributed by atoms with Gasteiger partial charge in [0.2, 0.25) is 0 Å². The molecule has 1 aromatic heterocycles.